The Balaban J connectivity index is 1.52. The highest BCUT2D eigenvalue weighted by Crippen LogP contribution is 2.33. The monoisotopic (exact) mass is 398 g/mol. The first-order valence-corrected chi connectivity index (χ1v) is 10.0. The van der Waals surface area contributed by atoms with Crippen LogP contribution in [-0.2, 0) is 17.8 Å². The van der Waals surface area contributed by atoms with Crippen LogP contribution in [0.3, 0.4) is 0 Å². The highest BCUT2D eigenvalue weighted by atomic mass is 16.5. The summed E-state index contributed by atoms with van der Waals surface area (Å²) in [5, 5.41) is 3.31. The third kappa shape index (κ3) is 5.34. The Morgan fingerprint density at radius 3 is 2.34 bits per heavy atom. The number of nitrogens with zero attached hydrogens (tertiary/aromatic N) is 1. The van der Waals surface area contributed by atoms with E-state index in [1.54, 1.807) is 14.2 Å². The Morgan fingerprint density at radius 1 is 1.07 bits per heavy atom. The van der Waals surface area contributed by atoms with Gasteiger partial charge in [-0.2, -0.15) is 0 Å². The minimum Gasteiger partial charge on any atom is -0.493 e. The molecule has 0 aliphatic carbocycles. The second-order valence-electron chi connectivity index (χ2n) is 7.41. The molecule has 1 aliphatic heterocycles. The number of nitrogens with one attached hydrogen (secondary N) is 1. The number of amides is 1. The summed E-state index contributed by atoms with van der Waals surface area (Å²) in [6.07, 6.45) is 1.43. The molecule has 1 aliphatic rings. The van der Waals surface area contributed by atoms with E-state index in [1.807, 2.05) is 55.1 Å². The Kier molecular flexibility index (Phi) is 6.86. The van der Waals surface area contributed by atoms with Gasteiger partial charge in [0.2, 0.25) is 5.91 Å². The molecule has 1 heterocycles. The van der Waals surface area contributed by atoms with Crippen molar-refractivity contribution in [3.63, 3.8) is 0 Å². The van der Waals surface area contributed by atoms with E-state index in [0.717, 1.165) is 35.7 Å². The molecular weight excluding hydrogens is 368 g/mol. The number of anilines is 1. The number of hydrogen-bond acceptors (Lipinski definition) is 5. The van der Waals surface area contributed by atoms with Gasteiger partial charge in [0.1, 0.15) is 5.75 Å². The van der Waals surface area contributed by atoms with Crippen LogP contribution >= 0.6 is 0 Å². The third-order valence-electron chi connectivity index (χ3n) is 4.96. The second kappa shape index (κ2) is 9.54. The number of benzene rings is 2. The summed E-state index contributed by atoms with van der Waals surface area (Å²) in [7, 11) is 3.27. The molecule has 0 spiro atoms. The SMILES string of the molecule is COc1cc2c(cc1OC)CN(C(=O)CCNc1ccc(OC(C)C)cc1)CC2. The average molecular weight is 399 g/mol. The summed E-state index contributed by atoms with van der Waals surface area (Å²) in [6, 6.07) is 11.8. The molecule has 1 N–H and O–H groups in total. The lowest BCUT2D eigenvalue weighted by molar-refractivity contribution is -0.131. The third-order valence-corrected chi connectivity index (χ3v) is 4.96. The van der Waals surface area contributed by atoms with E-state index in [4.69, 9.17) is 14.2 Å². The zero-order valence-corrected chi connectivity index (χ0v) is 17.7. The average Bonchev–Trinajstić information content (AvgIpc) is 2.73. The van der Waals surface area contributed by atoms with Gasteiger partial charge >= 0.3 is 0 Å². The number of hydrogen-bond donors (Lipinski definition) is 1. The van der Waals surface area contributed by atoms with Crippen molar-refractivity contribution in [1.82, 2.24) is 4.90 Å². The highest BCUT2D eigenvalue weighted by molar-refractivity contribution is 5.77. The predicted molar refractivity (Wildman–Crippen MR) is 114 cm³/mol. The summed E-state index contributed by atoms with van der Waals surface area (Å²) >= 11 is 0. The molecule has 0 fully saturated rings. The molecule has 0 radical (unpaired) electrons. The van der Waals surface area contributed by atoms with E-state index in [9.17, 15) is 4.79 Å². The normalized spacial score (nSPS) is 13.1. The molecule has 2 aromatic rings. The first-order chi connectivity index (χ1) is 14.0. The van der Waals surface area contributed by atoms with Crippen molar-refractivity contribution in [2.75, 3.05) is 32.6 Å². The maximum atomic E-state index is 12.7. The van der Waals surface area contributed by atoms with Gasteiger partial charge in [-0.05, 0) is 67.8 Å². The number of ether oxygens (including phenoxy) is 3. The lowest BCUT2D eigenvalue weighted by Gasteiger charge is -2.29. The van der Waals surface area contributed by atoms with Crippen molar-refractivity contribution < 1.29 is 19.0 Å². The highest BCUT2D eigenvalue weighted by Gasteiger charge is 2.22. The van der Waals surface area contributed by atoms with Crippen LogP contribution in [0.25, 0.3) is 0 Å². The quantitative estimate of drug-likeness (QED) is 0.731. The molecule has 0 atom stereocenters. The van der Waals surface area contributed by atoms with Crippen molar-refractivity contribution in [1.29, 1.82) is 0 Å². The fourth-order valence-electron chi connectivity index (χ4n) is 3.49. The van der Waals surface area contributed by atoms with Gasteiger partial charge < -0.3 is 24.4 Å². The Morgan fingerprint density at radius 2 is 1.72 bits per heavy atom. The standard InChI is InChI=1S/C23H30N2O4/c1-16(2)29-20-7-5-19(6-8-20)24-11-9-23(26)25-12-10-17-13-21(27-3)22(28-4)14-18(17)15-25/h5-8,13-14,16,24H,9-12,15H2,1-4H3. The van der Waals surface area contributed by atoms with Gasteiger partial charge in [-0.15, -0.1) is 0 Å². The minimum atomic E-state index is 0.151. The molecule has 0 bridgehead atoms. The zero-order valence-electron chi connectivity index (χ0n) is 17.7. The lowest BCUT2D eigenvalue weighted by atomic mass is 9.98. The Bertz CT molecular complexity index is 834. The molecule has 1 amide bonds. The van der Waals surface area contributed by atoms with E-state index in [-0.39, 0.29) is 12.0 Å². The van der Waals surface area contributed by atoms with Crippen LogP contribution in [0.1, 0.15) is 31.4 Å². The summed E-state index contributed by atoms with van der Waals surface area (Å²) in [5.74, 6) is 2.44. The van der Waals surface area contributed by atoms with Gasteiger partial charge in [-0.1, -0.05) is 0 Å². The molecule has 0 unspecified atom stereocenters. The molecule has 6 nitrogen and oxygen atoms in total. The van der Waals surface area contributed by atoms with E-state index < -0.39 is 0 Å². The lowest BCUT2D eigenvalue weighted by Crippen LogP contribution is -2.36. The summed E-state index contributed by atoms with van der Waals surface area (Å²) in [5.41, 5.74) is 3.32. The smallest absolute Gasteiger partial charge is 0.224 e. The molecule has 0 saturated heterocycles. The van der Waals surface area contributed by atoms with Crippen LogP contribution < -0.4 is 19.5 Å². The summed E-state index contributed by atoms with van der Waals surface area (Å²) in [4.78, 5) is 14.6. The van der Waals surface area contributed by atoms with Crippen LogP contribution in [0, 0.1) is 0 Å². The van der Waals surface area contributed by atoms with Crippen molar-refractivity contribution in [2.45, 2.75) is 39.3 Å². The molecule has 3 rings (SSSR count). The van der Waals surface area contributed by atoms with E-state index >= 15 is 0 Å². The van der Waals surface area contributed by atoms with Crippen LogP contribution in [0.4, 0.5) is 5.69 Å². The van der Waals surface area contributed by atoms with Gasteiger partial charge in [-0.25, -0.2) is 0 Å². The van der Waals surface area contributed by atoms with Gasteiger partial charge in [0.15, 0.2) is 11.5 Å². The topological polar surface area (TPSA) is 60.0 Å². The maximum Gasteiger partial charge on any atom is 0.224 e. The van der Waals surface area contributed by atoms with Gasteiger partial charge in [0.05, 0.1) is 20.3 Å². The van der Waals surface area contributed by atoms with Crippen molar-refractivity contribution in [2.24, 2.45) is 0 Å². The van der Waals surface area contributed by atoms with Gasteiger partial charge in [-0.3, -0.25) is 4.79 Å². The zero-order chi connectivity index (χ0) is 20.8. The summed E-state index contributed by atoms with van der Waals surface area (Å²) < 4.78 is 16.4. The minimum absolute atomic E-state index is 0.151. The fourth-order valence-corrected chi connectivity index (χ4v) is 3.49. The van der Waals surface area contributed by atoms with Crippen molar-refractivity contribution in [3.05, 3.63) is 47.5 Å². The Hall–Kier alpha value is -2.89. The molecule has 156 valence electrons. The molecule has 6 heteroatoms. The largest absolute Gasteiger partial charge is 0.493 e. The predicted octanol–water partition coefficient (Wildman–Crippen LogP) is 3.88. The van der Waals surface area contributed by atoms with Crippen molar-refractivity contribution >= 4 is 11.6 Å². The van der Waals surface area contributed by atoms with E-state index in [2.05, 4.69) is 5.32 Å². The molecule has 0 aromatic heterocycles. The fraction of sp³-hybridized carbons (Fsp3) is 0.435. The van der Waals surface area contributed by atoms with Crippen LogP contribution in [0.15, 0.2) is 36.4 Å². The van der Waals surface area contributed by atoms with Crippen LogP contribution in [0.5, 0.6) is 17.2 Å². The Labute approximate surface area is 172 Å². The van der Waals surface area contributed by atoms with E-state index in [1.165, 1.54) is 5.56 Å². The van der Waals surface area contributed by atoms with E-state index in [0.29, 0.717) is 25.3 Å². The van der Waals surface area contributed by atoms with Gasteiger partial charge in [0.25, 0.3) is 0 Å². The maximum absolute atomic E-state index is 12.7. The van der Waals surface area contributed by atoms with Crippen molar-refractivity contribution in [3.8, 4) is 17.2 Å². The second-order valence-corrected chi connectivity index (χ2v) is 7.41. The number of fused-ring (bicyclic) bond motifs is 1. The molecule has 0 saturated carbocycles. The van der Waals surface area contributed by atoms with Crippen LogP contribution in [0.2, 0.25) is 0 Å². The molecule has 2 aromatic carbocycles. The molecular formula is C23H30N2O4. The number of methoxy groups -OCH3 is 2. The number of carbonyl (C=O) groups is 1. The number of carbonyl (C=O) groups excluding carboxylic acids is 1. The number of rotatable bonds is 8. The van der Waals surface area contributed by atoms with Gasteiger partial charge in [0, 0.05) is 31.7 Å². The first kappa shape index (κ1) is 20.8. The van der Waals surface area contributed by atoms with Crippen LogP contribution in [-0.4, -0.2) is 44.2 Å². The summed E-state index contributed by atoms with van der Waals surface area (Å²) in [6.45, 7) is 5.93. The first-order valence-electron chi connectivity index (χ1n) is 10.0. The molecule has 29 heavy (non-hydrogen) atoms.